The van der Waals surface area contributed by atoms with Crippen molar-refractivity contribution in [2.24, 2.45) is 0 Å². The van der Waals surface area contributed by atoms with Crippen LogP contribution in [0.2, 0.25) is 5.02 Å². The van der Waals surface area contributed by atoms with Crippen molar-refractivity contribution in [3.63, 3.8) is 0 Å². The third-order valence-electron chi connectivity index (χ3n) is 4.74. The number of alkyl halides is 2. The van der Waals surface area contributed by atoms with Gasteiger partial charge < -0.3 is 15.4 Å². The minimum atomic E-state index is -2.93. The number of benzene rings is 1. The highest BCUT2D eigenvalue weighted by molar-refractivity contribution is 6.31. The van der Waals surface area contributed by atoms with Gasteiger partial charge in [0.15, 0.2) is 0 Å². The summed E-state index contributed by atoms with van der Waals surface area (Å²) in [5, 5.41) is 9.43. The lowest BCUT2D eigenvalue weighted by molar-refractivity contribution is -0.124. The Bertz CT molecular complexity index is 927. The predicted octanol–water partition coefficient (Wildman–Crippen LogP) is 3.60. The molecular formula is C21H23ClF2N4O3. The molecule has 2 heterocycles. The van der Waals surface area contributed by atoms with Crippen molar-refractivity contribution in [2.75, 3.05) is 0 Å². The molecule has 10 heteroatoms. The van der Waals surface area contributed by atoms with Gasteiger partial charge >= 0.3 is 6.61 Å². The van der Waals surface area contributed by atoms with Crippen LogP contribution in [-0.2, 0) is 16.1 Å². The Morgan fingerprint density at radius 2 is 2.16 bits per heavy atom. The Labute approximate surface area is 183 Å². The first kappa shape index (κ1) is 22.9. The summed E-state index contributed by atoms with van der Waals surface area (Å²) >= 11 is 6.37. The third kappa shape index (κ3) is 6.35. The van der Waals surface area contributed by atoms with E-state index in [0.29, 0.717) is 29.2 Å². The number of nitrogens with one attached hydrogen (secondary N) is 3. The molecule has 7 nitrogen and oxygen atoms in total. The zero-order valence-corrected chi connectivity index (χ0v) is 17.6. The van der Waals surface area contributed by atoms with Gasteiger partial charge in [0.1, 0.15) is 11.9 Å². The maximum atomic E-state index is 12.3. The van der Waals surface area contributed by atoms with E-state index >= 15 is 0 Å². The lowest BCUT2D eigenvalue weighted by Crippen LogP contribution is -2.47. The van der Waals surface area contributed by atoms with Gasteiger partial charge in [-0.15, -0.1) is 0 Å². The average molecular weight is 453 g/mol. The third-order valence-corrected chi connectivity index (χ3v) is 5.09. The Hall–Kier alpha value is -2.78. The number of aromatic nitrogens is 1. The van der Waals surface area contributed by atoms with Gasteiger partial charge in [-0.3, -0.25) is 19.9 Å². The highest BCUT2D eigenvalue weighted by Crippen LogP contribution is 2.29. The largest absolute Gasteiger partial charge is 0.433 e. The minimum absolute atomic E-state index is 0.0338. The van der Waals surface area contributed by atoms with Crippen LogP contribution in [0.3, 0.4) is 0 Å². The van der Waals surface area contributed by atoms with Crippen molar-refractivity contribution in [3.05, 3.63) is 58.4 Å². The summed E-state index contributed by atoms with van der Waals surface area (Å²) in [7, 11) is 0. The van der Waals surface area contributed by atoms with Gasteiger partial charge in [0.05, 0.1) is 17.9 Å². The van der Waals surface area contributed by atoms with Crippen LogP contribution in [0.5, 0.6) is 5.75 Å². The van der Waals surface area contributed by atoms with Crippen molar-refractivity contribution in [1.82, 2.24) is 20.9 Å². The van der Waals surface area contributed by atoms with E-state index in [9.17, 15) is 18.4 Å². The molecule has 2 atom stereocenters. The smallest absolute Gasteiger partial charge is 0.387 e. The number of rotatable bonds is 8. The van der Waals surface area contributed by atoms with E-state index in [1.807, 2.05) is 19.1 Å². The van der Waals surface area contributed by atoms with Gasteiger partial charge in [0, 0.05) is 30.0 Å². The summed E-state index contributed by atoms with van der Waals surface area (Å²) in [5.41, 5.74) is 2.01. The molecule has 1 aliphatic rings. The SMILES string of the molecule is CCCC(=O)NCc1ccc(Cl)c(C2NC(=O)CC(c3ccc(OC(F)F)cn3)N2)c1. The molecule has 0 spiro atoms. The number of carbonyl (C=O) groups excluding carboxylic acids is 2. The van der Waals surface area contributed by atoms with Crippen LogP contribution in [-0.4, -0.2) is 23.4 Å². The molecule has 2 unspecified atom stereocenters. The number of hydrogen-bond acceptors (Lipinski definition) is 5. The van der Waals surface area contributed by atoms with Crippen molar-refractivity contribution >= 4 is 23.4 Å². The van der Waals surface area contributed by atoms with Gasteiger partial charge in [-0.05, 0) is 36.2 Å². The monoisotopic (exact) mass is 452 g/mol. The van der Waals surface area contributed by atoms with Gasteiger partial charge in [-0.25, -0.2) is 0 Å². The number of nitrogens with zero attached hydrogens (tertiary/aromatic N) is 1. The van der Waals surface area contributed by atoms with E-state index in [1.54, 1.807) is 6.07 Å². The van der Waals surface area contributed by atoms with Crippen LogP contribution in [0.25, 0.3) is 0 Å². The van der Waals surface area contributed by atoms with Crippen LogP contribution < -0.4 is 20.7 Å². The molecule has 1 aromatic carbocycles. The maximum Gasteiger partial charge on any atom is 0.387 e. The minimum Gasteiger partial charge on any atom is -0.433 e. The first-order chi connectivity index (χ1) is 14.9. The standard InChI is InChI=1S/C21H23ClF2N4O3/c1-2-3-18(29)26-10-12-4-6-15(22)14(8-12)20-27-17(9-19(30)28-20)16-7-5-13(11-25-16)31-21(23)24/h4-8,11,17,20-21,27H,2-3,9-10H2,1H3,(H,26,29)(H,28,30). The van der Waals surface area contributed by atoms with Gasteiger partial charge in [-0.2, -0.15) is 8.78 Å². The first-order valence-electron chi connectivity index (χ1n) is 9.87. The number of halogens is 3. The molecule has 3 rings (SSSR count). The van der Waals surface area contributed by atoms with E-state index in [4.69, 9.17) is 11.6 Å². The summed E-state index contributed by atoms with van der Waals surface area (Å²) in [6.45, 7) is -0.653. The number of carbonyl (C=O) groups is 2. The fraction of sp³-hybridized carbons (Fsp3) is 0.381. The first-order valence-corrected chi connectivity index (χ1v) is 10.2. The fourth-order valence-electron chi connectivity index (χ4n) is 3.28. The number of amides is 2. The number of pyridine rings is 1. The number of hydrogen-bond donors (Lipinski definition) is 3. The Kier molecular flexibility index (Phi) is 7.75. The summed E-state index contributed by atoms with van der Waals surface area (Å²) in [5.74, 6) is -0.300. The van der Waals surface area contributed by atoms with E-state index < -0.39 is 18.8 Å². The highest BCUT2D eigenvalue weighted by atomic mass is 35.5. The van der Waals surface area contributed by atoms with Gasteiger partial charge in [-0.1, -0.05) is 24.6 Å². The van der Waals surface area contributed by atoms with Crippen LogP contribution in [0.4, 0.5) is 8.78 Å². The predicted molar refractivity (Wildman–Crippen MR) is 110 cm³/mol. The second kappa shape index (κ2) is 10.5. The van der Waals surface area contributed by atoms with Gasteiger partial charge in [0.25, 0.3) is 0 Å². The fourth-order valence-corrected chi connectivity index (χ4v) is 3.50. The second-order valence-electron chi connectivity index (χ2n) is 7.10. The number of ether oxygens (including phenoxy) is 1. The van der Waals surface area contributed by atoms with Crippen LogP contribution in [0.1, 0.15) is 55.2 Å². The molecule has 0 radical (unpaired) electrons. The molecule has 3 N–H and O–H groups in total. The molecule has 0 saturated carbocycles. The van der Waals surface area contributed by atoms with E-state index in [1.165, 1.54) is 18.3 Å². The Morgan fingerprint density at radius 1 is 1.35 bits per heavy atom. The normalized spacial score (nSPS) is 18.5. The van der Waals surface area contributed by atoms with Crippen LogP contribution >= 0.6 is 11.6 Å². The van der Waals surface area contributed by atoms with E-state index in [0.717, 1.165) is 12.0 Å². The van der Waals surface area contributed by atoms with Crippen molar-refractivity contribution in [2.45, 2.75) is 51.6 Å². The average Bonchev–Trinajstić information content (AvgIpc) is 2.73. The molecule has 31 heavy (non-hydrogen) atoms. The molecule has 166 valence electrons. The van der Waals surface area contributed by atoms with Crippen LogP contribution in [0, 0.1) is 0 Å². The van der Waals surface area contributed by atoms with E-state index in [-0.39, 0.29) is 24.0 Å². The summed E-state index contributed by atoms with van der Waals surface area (Å²) in [6, 6.07) is 7.81. The van der Waals surface area contributed by atoms with Crippen LogP contribution in [0.15, 0.2) is 36.5 Å². The zero-order valence-electron chi connectivity index (χ0n) is 16.8. The van der Waals surface area contributed by atoms with Crippen molar-refractivity contribution in [1.29, 1.82) is 0 Å². The molecule has 1 saturated heterocycles. The van der Waals surface area contributed by atoms with E-state index in [2.05, 4.69) is 25.7 Å². The second-order valence-corrected chi connectivity index (χ2v) is 7.51. The van der Waals surface area contributed by atoms with Crippen molar-refractivity contribution < 1.29 is 23.1 Å². The summed E-state index contributed by atoms with van der Waals surface area (Å²) < 4.78 is 29.0. The highest BCUT2D eigenvalue weighted by Gasteiger charge is 2.30. The molecule has 1 fully saturated rings. The maximum absolute atomic E-state index is 12.3. The Balaban J connectivity index is 1.74. The van der Waals surface area contributed by atoms with Gasteiger partial charge in [0.2, 0.25) is 11.8 Å². The molecule has 1 aromatic heterocycles. The molecule has 0 aliphatic carbocycles. The molecule has 2 aromatic rings. The summed E-state index contributed by atoms with van der Waals surface area (Å²) in [6.07, 6.45) is 1.96. The Morgan fingerprint density at radius 3 is 2.84 bits per heavy atom. The molecule has 2 amide bonds. The molecule has 1 aliphatic heterocycles. The lowest BCUT2D eigenvalue weighted by atomic mass is 10.0. The quantitative estimate of drug-likeness (QED) is 0.569. The lowest BCUT2D eigenvalue weighted by Gasteiger charge is -2.32. The molecular weight excluding hydrogens is 430 g/mol. The zero-order chi connectivity index (χ0) is 22.4. The summed E-state index contributed by atoms with van der Waals surface area (Å²) in [4.78, 5) is 28.2. The van der Waals surface area contributed by atoms with Crippen molar-refractivity contribution in [3.8, 4) is 5.75 Å². The molecule has 0 bridgehead atoms. The topological polar surface area (TPSA) is 92.4 Å².